The Balaban J connectivity index is 1.87. The van der Waals surface area contributed by atoms with E-state index in [2.05, 4.69) is 76.1 Å². The minimum Gasteiger partial charge on any atom is -0.197 e. The minimum absolute atomic E-state index is 0.223. The molecule has 3 aromatic carbocycles. The molecule has 1 aliphatic rings. The van der Waals surface area contributed by atoms with Crippen LogP contribution < -0.4 is 0 Å². The molecule has 0 fully saturated rings. The highest BCUT2D eigenvalue weighted by molar-refractivity contribution is 5.86. The first-order valence-corrected chi connectivity index (χ1v) is 7.41. The smallest absolute Gasteiger partial charge is 0.117 e. The van der Waals surface area contributed by atoms with Crippen molar-refractivity contribution < 1.29 is 0 Å². The van der Waals surface area contributed by atoms with E-state index >= 15 is 0 Å². The summed E-state index contributed by atoms with van der Waals surface area (Å²) in [6.45, 7) is 0. The van der Waals surface area contributed by atoms with Gasteiger partial charge in [0.15, 0.2) is 0 Å². The second-order valence-electron chi connectivity index (χ2n) is 5.65. The third kappa shape index (κ3) is 1.45. The highest BCUT2D eigenvalue weighted by Crippen LogP contribution is 2.48. The van der Waals surface area contributed by atoms with Gasteiger partial charge in [-0.25, -0.2) is 0 Å². The number of nitrogens with one attached hydrogen (secondary N) is 1. The van der Waals surface area contributed by atoms with E-state index in [1.165, 1.54) is 27.8 Å². The Bertz CT molecular complexity index is 955. The van der Waals surface area contributed by atoms with Crippen molar-refractivity contribution in [2.24, 2.45) is 0 Å². The molecular formula is C19H13N3. The Morgan fingerprint density at radius 1 is 0.636 bits per heavy atom. The molecule has 22 heavy (non-hydrogen) atoms. The van der Waals surface area contributed by atoms with E-state index in [4.69, 9.17) is 0 Å². The molecule has 0 atom stereocenters. The Morgan fingerprint density at radius 3 is 2.00 bits per heavy atom. The van der Waals surface area contributed by atoms with Gasteiger partial charge in [-0.05, 0) is 33.9 Å². The van der Waals surface area contributed by atoms with Crippen LogP contribution in [0.15, 0.2) is 66.7 Å². The largest absolute Gasteiger partial charge is 0.197 e. The van der Waals surface area contributed by atoms with Crippen molar-refractivity contribution in [1.82, 2.24) is 15.4 Å². The Labute approximate surface area is 127 Å². The number of nitrogens with zero attached hydrogens (tertiary/aromatic N) is 2. The molecule has 0 radical (unpaired) electrons. The van der Waals surface area contributed by atoms with E-state index in [1.807, 2.05) is 6.07 Å². The van der Waals surface area contributed by atoms with Crippen molar-refractivity contribution in [1.29, 1.82) is 0 Å². The van der Waals surface area contributed by atoms with Crippen LogP contribution in [0.5, 0.6) is 0 Å². The lowest BCUT2D eigenvalue weighted by Gasteiger charge is -2.14. The maximum Gasteiger partial charge on any atom is 0.117 e. The number of hydrogen-bond donors (Lipinski definition) is 1. The molecule has 0 aliphatic heterocycles. The first-order chi connectivity index (χ1) is 10.9. The van der Waals surface area contributed by atoms with Crippen molar-refractivity contribution in [3.8, 4) is 11.1 Å². The van der Waals surface area contributed by atoms with E-state index in [-0.39, 0.29) is 5.92 Å². The summed E-state index contributed by atoms with van der Waals surface area (Å²) in [4.78, 5) is 0. The van der Waals surface area contributed by atoms with Crippen molar-refractivity contribution >= 4 is 11.0 Å². The highest BCUT2D eigenvalue weighted by atomic mass is 15.3. The van der Waals surface area contributed by atoms with E-state index in [0.717, 1.165) is 11.0 Å². The summed E-state index contributed by atoms with van der Waals surface area (Å²) in [6.07, 6.45) is 0. The van der Waals surface area contributed by atoms with Crippen molar-refractivity contribution in [2.45, 2.75) is 5.92 Å². The topological polar surface area (TPSA) is 41.6 Å². The number of benzene rings is 3. The van der Waals surface area contributed by atoms with Crippen LogP contribution in [0.4, 0.5) is 0 Å². The summed E-state index contributed by atoms with van der Waals surface area (Å²) in [7, 11) is 0. The first-order valence-electron chi connectivity index (χ1n) is 7.41. The molecule has 104 valence electrons. The van der Waals surface area contributed by atoms with Crippen LogP contribution in [0.2, 0.25) is 0 Å². The van der Waals surface area contributed by atoms with Crippen LogP contribution >= 0.6 is 0 Å². The van der Waals surface area contributed by atoms with Crippen molar-refractivity contribution in [3.63, 3.8) is 0 Å². The van der Waals surface area contributed by atoms with E-state index < -0.39 is 0 Å². The number of H-pyrrole nitrogens is 1. The molecule has 0 saturated heterocycles. The number of rotatable bonds is 1. The summed E-state index contributed by atoms with van der Waals surface area (Å²) in [6, 6.07) is 23.5. The molecule has 1 N–H and O–H groups in total. The molecule has 1 aliphatic carbocycles. The van der Waals surface area contributed by atoms with Crippen LogP contribution in [-0.2, 0) is 0 Å². The van der Waals surface area contributed by atoms with Gasteiger partial charge in [-0.2, -0.15) is 15.4 Å². The van der Waals surface area contributed by atoms with Gasteiger partial charge in [0.2, 0.25) is 0 Å². The molecule has 3 heteroatoms. The molecule has 0 amide bonds. The minimum atomic E-state index is 0.223. The second kappa shape index (κ2) is 4.28. The van der Waals surface area contributed by atoms with Gasteiger partial charge in [0.25, 0.3) is 0 Å². The fraction of sp³-hybridized carbons (Fsp3) is 0.0526. The quantitative estimate of drug-likeness (QED) is 0.503. The predicted octanol–water partition coefficient (Wildman–Crippen LogP) is 4.12. The van der Waals surface area contributed by atoms with Crippen LogP contribution in [0.25, 0.3) is 22.2 Å². The molecule has 1 heterocycles. The molecule has 0 unspecified atom stereocenters. The van der Waals surface area contributed by atoms with Gasteiger partial charge < -0.3 is 0 Å². The lowest BCUT2D eigenvalue weighted by atomic mass is 9.88. The molecular weight excluding hydrogens is 270 g/mol. The van der Waals surface area contributed by atoms with Gasteiger partial charge in [-0.3, -0.25) is 0 Å². The summed E-state index contributed by atoms with van der Waals surface area (Å²) >= 11 is 0. The SMILES string of the molecule is c1ccc2c(c1)-c1ccccc1C2c1cccc2n[nH]nc12. The third-order valence-electron chi connectivity index (χ3n) is 4.52. The first kappa shape index (κ1) is 11.7. The molecule has 0 bridgehead atoms. The highest BCUT2D eigenvalue weighted by Gasteiger charge is 2.30. The predicted molar refractivity (Wildman–Crippen MR) is 86.7 cm³/mol. The number of aromatic nitrogens is 3. The fourth-order valence-electron chi connectivity index (χ4n) is 3.61. The summed E-state index contributed by atoms with van der Waals surface area (Å²) in [5, 5.41) is 11.3. The standard InChI is InChI=1S/C19H13N3/c1-3-8-14-12(6-1)13-7-2-4-9-15(13)18(14)16-10-5-11-17-19(16)21-22-20-17/h1-11,18H,(H,20,21,22). The average Bonchev–Trinajstić information content (AvgIpc) is 3.17. The maximum atomic E-state index is 4.37. The normalized spacial score (nSPS) is 13.3. The Kier molecular flexibility index (Phi) is 2.27. The Morgan fingerprint density at radius 2 is 1.27 bits per heavy atom. The lowest BCUT2D eigenvalue weighted by molar-refractivity contribution is 0.951. The molecule has 4 aromatic rings. The third-order valence-corrected chi connectivity index (χ3v) is 4.52. The molecule has 1 aromatic heterocycles. The zero-order valence-corrected chi connectivity index (χ0v) is 11.8. The van der Waals surface area contributed by atoms with Crippen molar-refractivity contribution in [3.05, 3.63) is 83.4 Å². The van der Waals surface area contributed by atoms with Crippen LogP contribution in [0, 0.1) is 0 Å². The zero-order valence-electron chi connectivity index (χ0n) is 11.8. The molecule has 3 nitrogen and oxygen atoms in total. The summed E-state index contributed by atoms with van der Waals surface area (Å²) in [5.41, 5.74) is 8.42. The summed E-state index contributed by atoms with van der Waals surface area (Å²) < 4.78 is 0. The van der Waals surface area contributed by atoms with Gasteiger partial charge >= 0.3 is 0 Å². The van der Waals surface area contributed by atoms with Gasteiger partial charge in [-0.15, -0.1) is 0 Å². The molecule has 0 saturated carbocycles. The number of fused-ring (bicyclic) bond motifs is 4. The zero-order chi connectivity index (χ0) is 14.5. The fourth-order valence-corrected chi connectivity index (χ4v) is 3.61. The number of para-hydroxylation sites is 1. The van der Waals surface area contributed by atoms with Gasteiger partial charge in [0.05, 0.1) is 0 Å². The van der Waals surface area contributed by atoms with Gasteiger partial charge in [-0.1, -0.05) is 60.7 Å². The van der Waals surface area contributed by atoms with E-state index in [1.54, 1.807) is 0 Å². The van der Waals surface area contributed by atoms with Gasteiger partial charge in [0.1, 0.15) is 11.0 Å². The Hall–Kier alpha value is -2.94. The second-order valence-corrected chi connectivity index (χ2v) is 5.65. The molecule has 0 spiro atoms. The lowest BCUT2D eigenvalue weighted by Crippen LogP contribution is -2.00. The number of aromatic amines is 1. The number of hydrogen-bond acceptors (Lipinski definition) is 2. The van der Waals surface area contributed by atoms with Crippen LogP contribution in [0.1, 0.15) is 22.6 Å². The average molecular weight is 283 g/mol. The van der Waals surface area contributed by atoms with E-state index in [0.29, 0.717) is 0 Å². The van der Waals surface area contributed by atoms with Crippen molar-refractivity contribution in [2.75, 3.05) is 0 Å². The van der Waals surface area contributed by atoms with E-state index in [9.17, 15) is 0 Å². The monoisotopic (exact) mass is 283 g/mol. The maximum absolute atomic E-state index is 4.37. The van der Waals surface area contributed by atoms with Crippen LogP contribution in [0.3, 0.4) is 0 Å². The summed E-state index contributed by atoms with van der Waals surface area (Å²) in [5.74, 6) is 0.223. The van der Waals surface area contributed by atoms with Crippen LogP contribution in [-0.4, -0.2) is 15.4 Å². The molecule has 5 rings (SSSR count). The van der Waals surface area contributed by atoms with Gasteiger partial charge in [0, 0.05) is 5.92 Å².